The van der Waals surface area contributed by atoms with Crippen LogP contribution in [-0.4, -0.2) is 53.6 Å². The maximum Gasteiger partial charge on any atom is 0.244 e. The van der Waals surface area contributed by atoms with Crippen LogP contribution >= 0.6 is 0 Å². The maximum atomic E-state index is 13.5. The van der Waals surface area contributed by atoms with Gasteiger partial charge in [0.05, 0.1) is 5.69 Å². The van der Waals surface area contributed by atoms with E-state index in [1.54, 1.807) is 24.1 Å². The van der Waals surface area contributed by atoms with Crippen LogP contribution in [0.3, 0.4) is 0 Å². The van der Waals surface area contributed by atoms with Crippen LogP contribution < -0.4 is 0 Å². The third kappa shape index (κ3) is 4.66. The Labute approximate surface area is 148 Å². The number of nitrogens with one attached hydrogen (secondary N) is 1. The fourth-order valence-electron chi connectivity index (χ4n) is 3.09. The third-order valence-electron chi connectivity index (χ3n) is 4.49. The Morgan fingerprint density at radius 1 is 1.28 bits per heavy atom. The summed E-state index contributed by atoms with van der Waals surface area (Å²) >= 11 is 0. The first-order valence-corrected chi connectivity index (χ1v) is 8.48. The summed E-state index contributed by atoms with van der Waals surface area (Å²) in [6.07, 6.45) is 1.73. The highest BCUT2D eigenvalue weighted by Gasteiger charge is 2.26. The second kappa shape index (κ2) is 8.25. The molecule has 6 heteroatoms. The molecule has 2 aromatic rings. The zero-order chi connectivity index (χ0) is 18.6. The molecule has 0 saturated heterocycles. The van der Waals surface area contributed by atoms with E-state index >= 15 is 0 Å². The standard InChI is InChI=1S/C19H27FN4O/c1-13-17(14(2)22-21-13)10-7-11-24(5)19(25)18(23(3)4)15-8-6-9-16(20)12-15/h6,8-9,12,18H,7,10-11H2,1-5H3,(H,21,22). The van der Waals surface area contributed by atoms with Crippen LogP contribution in [0.15, 0.2) is 24.3 Å². The largest absolute Gasteiger partial charge is 0.344 e. The predicted octanol–water partition coefficient (Wildman–Crippen LogP) is 2.86. The number of rotatable bonds is 7. The molecule has 0 aliphatic heterocycles. The summed E-state index contributed by atoms with van der Waals surface area (Å²) in [5.41, 5.74) is 3.98. The van der Waals surface area contributed by atoms with Gasteiger partial charge in [-0.05, 0) is 64.0 Å². The summed E-state index contributed by atoms with van der Waals surface area (Å²) < 4.78 is 13.5. The summed E-state index contributed by atoms with van der Waals surface area (Å²) in [6.45, 7) is 4.64. The van der Waals surface area contributed by atoms with Crippen molar-refractivity contribution in [3.63, 3.8) is 0 Å². The fraction of sp³-hybridized carbons (Fsp3) is 0.474. The van der Waals surface area contributed by atoms with E-state index in [0.717, 1.165) is 24.2 Å². The number of hydrogen-bond acceptors (Lipinski definition) is 3. The quantitative estimate of drug-likeness (QED) is 0.839. The van der Waals surface area contributed by atoms with Crippen molar-refractivity contribution in [3.05, 3.63) is 52.6 Å². The van der Waals surface area contributed by atoms with Crippen LogP contribution in [0.2, 0.25) is 0 Å². The van der Waals surface area contributed by atoms with Gasteiger partial charge in [0, 0.05) is 19.3 Å². The molecule has 1 aromatic heterocycles. The number of aromatic nitrogens is 2. The lowest BCUT2D eigenvalue weighted by atomic mass is 10.0. The van der Waals surface area contributed by atoms with Gasteiger partial charge in [-0.25, -0.2) is 4.39 Å². The molecule has 5 nitrogen and oxygen atoms in total. The molecule has 0 spiro atoms. The predicted molar refractivity (Wildman–Crippen MR) is 96.8 cm³/mol. The molecule has 1 heterocycles. The number of aromatic amines is 1. The Bertz CT molecular complexity index is 706. The molecule has 0 fully saturated rings. The average molecular weight is 346 g/mol. The average Bonchev–Trinajstić information content (AvgIpc) is 2.86. The Kier molecular flexibility index (Phi) is 6.31. The van der Waals surface area contributed by atoms with Crippen LogP contribution in [0.25, 0.3) is 0 Å². The highest BCUT2D eigenvalue weighted by Crippen LogP contribution is 2.22. The fourth-order valence-corrected chi connectivity index (χ4v) is 3.09. The number of amides is 1. The first-order valence-electron chi connectivity index (χ1n) is 8.48. The molecule has 0 saturated carbocycles. The number of nitrogens with zero attached hydrogens (tertiary/aromatic N) is 3. The monoisotopic (exact) mass is 346 g/mol. The van der Waals surface area contributed by atoms with E-state index in [4.69, 9.17) is 0 Å². The van der Waals surface area contributed by atoms with E-state index in [2.05, 4.69) is 10.2 Å². The van der Waals surface area contributed by atoms with Crippen molar-refractivity contribution in [2.24, 2.45) is 0 Å². The lowest BCUT2D eigenvalue weighted by molar-refractivity contribution is -0.135. The van der Waals surface area contributed by atoms with Crippen molar-refractivity contribution < 1.29 is 9.18 Å². The van der Waals surface area contributed by atoms with Gasteiger partial charge in [-0.15, -0.1) is 0 Å². The Morgan fingerprint density at radius 3 is 2.56 bits per heavy atom. The van der Waals surface area contributed by atoms with Gasteiger partial charge >= 0.3 is 0 Å². The van der Waals surface area contributed by atoms with E-state index in [9.17, 15) is 9.18 Å². The van der Waals surface area contributed by atoms with E-state index < -0.39 is 6.04 Å². The van der Waals surface area contributed by atoms with Crippen molar-refractivity contribution in [2.75, 3.05) is 27.7 Å². The maximum absolute atomic E-state index is 13.5. The molecular weight excluding hydrogens is 319 g/mol. The zero-order valence-corrected chi connectivity index (χ0v) is 15.6. The number of hydrogen-bond donors (Lipinski definition) is 1. The second-order valence-corrected chi connectivity index (χ2v) is 6.70. The van der Waals surface area contributed by atoms with Gasteiger partial charge < -0.3 is 4.90 Å². The van der Waals surface area contributed by atoms with Gasteiger partial charge in [0.2, 0.25) is 5.91 Å². The van der Waals surface area contributed by atoms with Crippen LogP contribution in [0.5, 0.6) is 0 Å². The number of likely N-dealkylation sites (N-methyl/N-ethyl adjacent to an activating group) is 2. The van der Waals surface area contributed by atoms with Gasteiger partial charge in [-0.2, -0.15) is 5.10 Å². The van der Waals surface area contributed by atoms with Crippen molar-refractivity contribution >= 4 is 5.91 Å². The molecule has 2 rings (SSSR count). The van der Waals surface area contributed by atoms with Crippen molar-refractivity contribution in [1.82, 2.24) is 20.0 Å². The smallest absolute Gasteiger partial charge is 0.244 e. The molecule has 0 aliphatic carbocycles. The van der Waals surface area contributed by atoms with Crippen molar-refractivity contribution in [1.29, 1.82) is 0 Å². The SMILES string of the molecule is Cc1n[nH]c(C)c1CCCN(C)C(=O)C(c1cccc(F)c1)N(C)C. The summed E-state index contributed by atoms with van der Waals surface area (Å²) in [6, 6.07) is 5.75. The summed E-state index contributed by atoms with van der Waals surface area (Å²) in [4.78, 5) is 16.4. The number of halogens is 1. The Hall–Kier alpha value is -2.21. The number of H-pyrrole nitrogens is 1. The number of benzene rings is 1. The number of carbonyl (C=O) groups excluding carboxylic acids is 1. The topological polar surface area (TPSA) is 52.2 Å². The van der Waals surface area contributed by atoms with E-state index in [0.29, 0.717) is 12.1 Å². The minimum atomic E-state index is -0.488. The normalized spacial score (nSPS) is 12.4. The van der Waals surface area contributed by atoms with Gasteiger partial charge in [-0.3, -0.25) is 14.8 Å². The molecular formula is C19H27FN4O. The van der Waals surface area contributed by atoms with Gasteiger partial charge in [0.25, 0.3) is 0 Å². The molecule has 0 aliphatic rings. The molecule has 0 bridgehead atoms. The van der Waals surface area contributed by atoms with Gasteiger partial charge in [0.1, 0.15) is 11.9 Å². The zero-order valence-electron chi connectivity index (χ0n) is 15.6. The van der Waals surface area contributed by atoms with Crippen molar-refractivity contribution in [3.8, 4) is 0 Å². The van der Waals surface area contributed by atoms with Gasteiger partial charge in [0.15, 0.2) is 0 Å². The Balaban J connectivity index is 2.01. The molecule has 25 heavy (non-hydrogen) atoms. The highest BCUT2D eigenvalue weighted by molar-refractivity contribution is 5.83. The summed E-state index contributed by atoms with van der Waals surface area (Å²) in [5, 5.41) is 7.19. The molecule has 136 valence electrons. The van der Waals surface area contributed by atoms with E-state index in [-0.39, 0.29) is 11.7 Å². The molecule has 0 radical (unpaired) electrons. The summed E-state index contributed by atoms with van der Waals surface area (Å²) in [7, 11) is 5.46. The van der Waals surface area contributed by atoms with Crippen LogP contribution in [0.1, 0.15) is 35.0 Å². The van der Waals surface area contributed by atoms with Crippen molar-refractivity contribution in [2.45, 2.75) is 32.7 Å². The molecule has 1 N–H and O–H groups in total. The molecule has 1 aromatic carbocycles. The summed E-state index contributed by atoms with van der Waals surface area (Å²) in [5.74, 6) is -0.359. The lowest BCUT2D eigenvalue weighted by Crippen LogP contribution is -2.39. The van der Waals surface area contributed by atoms with E-state index in [1.807, 2.05) is 32.8 Å². The number of aryl methyl sites for hydroxylation is 2. The first kappa shape index (κ1) is 19.1. The second-order valence-electron chi connectivity index (χ2n) is 6.70. The van der Waals surface area contributed by atoms with Crippen LogP contribution in [-0.2, 0) is 11.2 Å². The Morgan fingerprint density at radius 2 is 2.00 bits per heavy atom. The highest BCUT2D eigenvalue weighted by atomic mass is 19.1. The minimum absolute atomic E-state index is 0.0313. The molecule has 1 unspecified atom stereocenters. The van der Waals surface area contributed by atoms with E-state index in [1.165, 1.54) is 17.7 Å². The number of carbonyl (C=O) groups is 1. The minimum Gasteiger partial charge on any atom is -0.344 e. The molecule has 1 atom stereocenters. The van der Waals surface area contributed by atoms with Crippen LogP contribution in [0, 0.1) is 19.7 Å². The lowest BCUT2D eigenvalue weighted by Gasteiger charge is -2.28. The first-order chi connectivity index (χ1) is 11.8. The molecule has 1 amide bonds. The van der Waals surface area contributed by atoms with Crippen LogP contribution in [0.4, 0.5) is 4.39 Å². The van der Waals surface area contributed by atoms with Gasteiger partial charge in [-0.1, -0.05) is 12.1 Å². The third-order valence-corrected chi connectivity index (χ3v) is 4.49.